The van der Waals surface area contributed by atoms with Crippen LogP contribution in [0.2, 0.25) is 0 Å². The summed E-state index contributed by atoms with van der Waals surface area (Å²) < 4.78 is 0. The Bertz CT molecular complexity index is 668. The van der Waals surface area contributed by atoms with Gasteiger partial charge in [-0.2, -0.15) is 0 Å². The monoisotopic (exact) mass is 263 g/mol. The molecule has 0 fully saturated rings. The van der Waals surface area contributed by atoms with Gasteiger partial charge in [-0.25, -0.2) is 4.84 Å². The fraction of sp³-hybridized carbons (Fsp3) is 0.167. The number of nitrogens with zero attached hydrogens (tertiary/aromatic N) is 2. The molecule has 0 unspecified atom stereocenters. The summed E-state index contributed by atoms with van der Waals surface area (Å²) in [6.45, 7) is 1.76. The number of phenols is 1. The summed E-state index contributed by atoms with van der Waals surface area (Å²) >= 11 is 0. The van der Waals surface area contributed by atoms with Crippen molar-refractivity contribution in [1.29, 1.82) is 0 Å². The first-order valence-corrected chi connectivity index (χ1v) is 5.55. The summed E-state index contributed by atoms with van der Waals surface area (Å²) in [4.78, 5) is 26.9. The minimum Gasteiger partial charge on any atom is -0.502 e. The van der Waals surface area contributed by atoms with Gasteiger partial charge >= 0.3 is 11.4 Å². The first kappa shape index (κ1) is 12.7. The lowest BCUT2D eigenvalue weighted by atomic mass is 10.1. The summed E-state index contributed by atoms with van der Waals surface area (Å²) in [6.07, 6.45) is 0. The third kappa shape index (κ3) is 2.17. The van der Waals surface area contributed by atoms with E-state index in [9.17, 15) is 20.1 Å². The third-order valence-corrected chi connectivity index (χ3v) is 2.61. The second kappa shape index (κ2) is 4.89. The van der Waals surface area contributed by atoms with Crippen molar-refractivity contribution in [3.63, 3.8) is 0 Å². The number of phenolic OH excluding ortho intramolecular Hbond substituents is 1. The lowest BCUT2D eigenvalue weighted by Crippen LogP contribution is -2.03. The maximum Gasteiger partial charge on any atom is 0.331 e. The van der Waals surface area contributed by atoms with Crippen LogP contribution in [-0.4, -0.2) is 21.6 Å². The maximum atomic E-state index is 11.7. The molecule has 0 aliphatic carbocycles. The highest BCUT2D eigenvalue weighted by Crippen LogP contribution is 2.39. The Labute approximate surface area is 107 Å². The Morgan fingerprint density at radius 1 is 1.21 bits per heavy atom. The summed E-state index contributed by atoms with van der Waals surface area (Å²) in [6, 6.07) is 7.36. The van der Waals surface area contributed by atoms with E-state index in [-0.39, 0.29) is 22.6 Å². The Morgan fingerprint density at radius 3 is 2.42 bits per heavy atom. The van der Waals surface area contributed by atoms with E-state index < -0.39 is 16.4 Å². The van der Waals surface area contributed by atoms with Crippen molar-refractivity contribution >= 4 is 22.1 Å². The van der Waals surface area contributed by atoms with E-state index in [2.05, 4.69) is 0 Å². The van der Waals surface area contributed by atoms with Crippen LogP contribution in [0, 0.1) is 15.0 Å². The molecule has 1 N–H and O–H groups in total. The molecule has 7 nitrogen and oxygen atoms in total. The minimum atomic E-state index is -0.745. The lowest BCUT2D eigenvalue weighted by molar-refractivity contribution is -0.743. The fourth-order valence-corrected chi connectivity index (χ4v) is 1.80. The van der Waals surface area contributed by atoms with E-state index in [1.165, 1.54) is 6.07 Å². The highest BCUT2D eigenvalue weighted by atomic mass is 16.8. The molecule has 19 heavy (non-hydrogen) atoms. The van der Waals surface area contributed by atoms with Gasteiger partial charge in [0.2, 0.25) is 5.75 Å². The predicted molar refractivity (Wildman–Crippen MR) is 67.2 cm³/mol. The van der Waals surface area contributed by atoms with Crippen LogP contribution < -0.4 is 0 Å². The van der Waals surface area contributed by atoms with E-state index in [4.69, 9.17) is 4.84 Å². The molecule has 2 rings (SSSR count). The largest absolute Gasteiger partial charge is 0.502 e. The van der Waals surface area contributed by atoms with Crippen molar-refractivity contribution in [2.45, 2.75) is 6.92 Å². The number of hydrogen-bond acceptors (Lipinski definition) is 5. The molecule has 2 aromatic carbocycles. The number of hydrogen-bond donors (Lipinski definition) is 1. The highest BCUT2D eigenvalue weighted by molar-refractivity contribution is 5.98. The van der Waals surface area contributed by atoms with Crippen molar-refractivity contribution in [3.8, 4) is 5.75 Å². The summed E-state index contributed by atoms with van der Waals surface area (Å²) in [5.41, 5.74) is -0.545. The van der Waals surface area contributed by atoms with E-state index in [1.807, 2.05) is 0 Å². The summed E-state index contributed by atoms with van der Waals surface area (Å²) in [5, 5.41) is 21.3. The molecule has 0 aliphatic rings. The molecular formula is C12H11N2O5+. The Balaban J connectivity index is 2.78. The number of nitro groups is 1. The first-order chi connectivity index (χ1) is 9.06. The molecular weight excluding hydrogens is 252 g/mol. The molecule has 7 heteroatoms. The van der Waals surface area contributed by atoms with Gasteiger partial charge in [0, 0.05) is 5.39 Å². The smallest absolute Gasteiger partial charge is 0.331 e. The standard InChI is InChI=1S/C12H10N2O5/c1-2-19-14(18)10-7-11(13(16)17)12(15)9-6-4-3-5-8(9)10/h3-7H,2H2,1H3/p+1. The van der Waals surface area contributed by atoms with Crippen LogP contribution in [0.4, 0.5) is 11.4 Å². The maximum absolute atomic E-state index is 11.7. The van der Waals surface area contributed by atoms with E-state index in [1.54, 1.807) is 25.1 Å². The van der Waals surface area contributed by atoms with Gasteiger partial charge < -0.3 is 5.11 Å². The van der Waals surface area contributed by atoms with Gasteiger partial charge in [-0.15, -0.1) is 0 Å². The molecule has 0 saturated heterocycles. The zero-order valence-electron chi connectivity index (χ0n) is 10.1. The van der Waals surface area contributed by atoms with Crippen LogP contribution in [0.3, 0.4) is 0 Å². The van der Waals surface area contributed by atoms with Crippen LogP contribution in [0.25, 0.3) is 10.8 Å². The van der Waals surface area contributed by atoms with Crippen molar-refractivity contribution in [3.05, 3.63) is 45.4 Å². The molecule has 0 atom stereocenters. The normalized spacial score (nSPS) is 10.4. The number of rotatable bonds is 4. The Hall–Kier alpha value is -2.70. The second-order valence-corrected chi connectivity index (χ2v) is 3.74. The minimum absolute atomic E-state index is 0.0121. The van der Waals surface area contributed by atoms with Gasteiger partial charge in [0.15, 0.2) is 6.61 Å². The van der Waals surface area contributed by atoms with Gasteiger partial charge in [0.05, 0.1) is 15.2 Å². The van der Waals surface area contributed by atoms with Crippen LogP contribution in [-0.2, 0) is 4.84 Å². The summed E-state index contributed by atoms with van der Waals surface area (Å²) in [5.74, 6) is -0.464. The number of fused-ring (bicyclic) bond motifs is 1. The van der Waals surface area contributed by atoms with Crippen molar-refractivity contribution in [2.24, 2.45) is 0 Å². The SMILES string of the molecule is CCO[N+](=O)c1cc([N+](=O)[O-])c(O)c2ccccc12. The summed E-state index contributed by atoms with van der Waals surface area (Å²) in [7, 11) is 0. The molecule has 0 aliphatic heterocycles. The van der Waals surface area contributed by atoms with Gasteiger partial charge in [0.25, 0.3) is 4.92 Å². The second-order valence-electron chi connectivity index (χ2n) is 3.74. The topological polar surface area (TPSA) is 92.7 Å². The van der Waals surface area contributed by atoms with Gasteiger partial charge in [-0.3, -0.25) is 10.1 Å². The zero-order valence-corrected chi connectivity index (χ0v) is 10.1. The number of aromatic hydroxyl groups is 1. The lowest BCUT2D eigenvalue weighted by Gasteiger charge is -2.02. The third-order valence-electron chi connectivity index (χ3n) is 2.61. The number of benzene rings is 2. The molecule has 0 bridgehead atoms. The molecule has 0 aromatic heterocycles. The molecule has 0 heterocycles. The van der Waals surface area contributed by atoms with Crippen molar-refractivity contribution < 1.29 is 19.8 Å². The van der Waals surface area contributed by atoms with E-state index in [0.29, 0.717) is 5.39 Å². The molecule has 2 aromatic rings. The Morgan fingerprint density at radius 2 is 1.84 bits per heavy atom. The van der Waals surface area contributed by atoms with E-state index in [0.717, 1.165) is 6.07 Å². The Kier molecular flexibility index (Phi) is 3.28. The zero-order chi connectivity index (χ0) is 14.0. The van der Waals surface area contributed by atoms with Gasteiger partial charge in [0.1, 0.15) is 6.07 Å². The van der Waals surface area contributed by atoms with Crippen LogP contribution in [0.5, 0.6) is 5.75 Å². The van der Waals surface area contributed by atoms with Crippen LogP contribution in [0.15, 0.2) is 30.3 Å². The number of nitro benzene ring substituents is 1. The molecule has 0 radical (unpaired) electrons. The quantitative estimate of drug-likeness (QED) is 0.676. The molecule has 0 amide bonds. The van der Waals surface area contributed by atoms with Crippen LogP contribution >= 0.6 is 0 Å². The van der Waals surface area contributed by atoms with Gasteiger partial charge in [-0.05, 0) is 13.0 Å². The van der Waals surface area contributed by atoms with E-state index >= 15 is 0 Å². The average Bonchev–Trinajstić information content (AvgIpc) is 2.39. The molecule has 0 spiro atoms. The predicted octanol–water partition coefficient (Wildman–Crippen LogP) is 2.82. The molecule has 98 valence electrons. The van der Waals surface area contributed by atoms with Crippen molar-refractivity contribution in [1.82, 2.24) is 0 Å². The van der Waals surface area contributed by atoms with Crippen LogP contribution in [0.1, 0.15) is 6.92 Å². The average molecular weight is 263 g/mol. The van der Waals surface area contributed by atoms with Crippen molar-refractivity contribution in [2.75, 3.05) is 6.61 Å². The highest BCUT2D eigenvalue weighted by Gasteiger charge is 2.28. The fourth-order valence-electron chi connectivity index (χ4n) is 1.80. The van der Waals surface area contributed by atoms with Gasteiger partial charge in [-0.1, -0.05) is 18.2 Å². The first-order valence-electron chi connectivity index (χ1n) is 5.55. The molecule has 0 saturated carbocycles.